The molecule has 0 aliphatic rings. The van der Waals surface area contributed by atoms with Crippen LogP contribution in [0.25, 0.3) is 16.2 Å². The lowest BCUT2D eigenvalue weighted by molar-refractivity contribution is -0.135. The van der Waals surface area contributed by atoms with Crippen LogP contribution in [0.4, 0.5) is 0 Å². The molecule has 0 saturated heterocycles. The van der Waals surface area contributed by atoms with Crippen molar-refractivity contribution in [1.29, 1.82) is 0 Å². The van der Waals surface area contributed by atoms with Crippen LogP contribution in [0.2, 0.25) is 0 Å². The molecule has 1 aromatic heterocycles. The Bertz CT molecular complexity index is 507. The highest BCUT2D eigenvalue weighted by Crippen LogP contribution is 2.26. The number of rotatable bonds is 2. The highest BCUT2D eigenvalue weighted by Gasteiger charge is 2.05. The molecule has 0 amide bonds. The molecule has 0 aliphatic heterocycles. The van der Waals surface area contributed by atoms with E-state index in [1.165, 1.54) is 17.4 Å². The second-order valence-electron chi connectivity index (χ2n) is 3.02. The number of carboxylic acids is 1. The molecule has 0 radical (unpaired) electrons. The minimum Gasteiger partial charge on any atom is -0.502 e. The second-order valence-corrected chi connectivity index (χ2v) is 4.14. The van der Waals surface area contributed by atoms with Gasteiger partial charge in [0.2, 0.25) is 5.76 Å². The van der Waals surface area contributed by atoms with Gasteiger partial charge in [0.1, 0.15) is 0 Å². The zero-order valence-corrected chi connectivity index (χ0v) is 8.49. The van der Waals surface area contributed by atoms with Crippen molar-refractivity contribution in [2.45, 2.75) is 0 Å². The monoisotopic (exact) mass is 220 g/mol. The first kappa shape index (κ1) is 9.73. The van der Waals surface area contributed by atoms with E-state index in [0.29, 0.717) is 0 Å². The molecule has 2 aromatic rings. The molecule has 2 rings (SSSR count). The normalized spacial score (nSPS) is 11.9. The molecule has 3 nitrogen and oxygen atoms in total. The highest BCUT2D eigenvalue weighted by atomic mass is 32.1. The van der Waals surface area contributed by atoms with E-state index in [2.05, 4.69) is 0 Å². The Morgan fingerprint density at radius 3 is 2.67 bits per heavy atom. The molecule has 0 bridgehead atoms. The van der Waals surface area contributed by atoms with Crippen molar-refractivity contribution in [2.24, 2.45) is 0 Å². The maximum absolute atomic E-state index is 10.4. The summed E-state index contributed by atoms with van der Waals surface area (Å²) in [6.07, 6.45) is 1.26. The average molecular weight is 220 g/mol. The van der Waals surface area contributed by atoms with Crippen LogP contribution in [0.5, 0.6) is 0 Å². The summed E-state index contributed by atoms with van der Waals surface area (Å²) in [5.41, 5.74) is 0. The third-order valence-electron chi connectivity index (χ3n) is 1.94. The Hall–Kier alpha value is -1.81. The lowest BCUT2D eigenvalue weighted by Crippen LogP contribution is -1.97. The van der Waals surface area contributed by atoms with Crippen molar-refractivity contribution < 1.29 is 15.0 Å². The van der Waals surface area contributed by atoms with Crippen molar-refractivity contribution in [1.82, 2.24) is 0 Å². The zero-order valence-electron chi connectivity index (χ0n) is 7.68. The smallest absolute Gasteiger partial charge is 0.370 e. The van der Waals surface area contributed by atoms with Gasteiger partial charge in [0, 0.05) is 15.7 Å². The van der Waals surface area contributed by atoms with Gasteiger partial charge in [-0.05, 0) is 17.5 Å². The highest BCUT2D eigenvalue weighted by molar-refractivity contribution is 7.19. The summed E-state index contributed by atoms with van der Waals surface area (Å²) in [5.74, 6) is -1.95. The Morgan fingerprint density at radius 1 is 1.27 bits per heavy atom. The fourth-order valence-corrected chi connectivity index (χ4v) is 2.27. The van der Waals surface area contributed by atoms with E-state index in [0.717, 1.165) is 15.0 Å². The molecule has 0 unspecified atom stereocenters. The van der Waals surface area contributed by atoms with Crippen LogP contribution in [0.15, 0.2) is 36.1 Å². The van der Waals surface area contributed by atoms with E-state index in [9.17, 15) is 4.79 Å². The van der Waals surface area contributed by atoms with E-state index in [1.807, 2.05) is 30.3 Å². The van der Waals surface area contributed by atoms with E-state index >= 15 is 0 Å². The van der Waals surface area contributed by atoms with Crippen LogP contribution >= 0.6 is 11.3 Å². The molecule has 2 N–H and O–H groups in total. The van der Waals surface area contributed by atoms with Crippen LogP contribution in [-0.4, -0.2) is 16.2 Å². The molecule has 76 valence electrons. The van der Waals surface area contributed by atoms with Crippen molar-refractivity contribution >= 4 is 33.5 Å². The van der Waals surface area contributed by atoms with Gasteiger partial charge < -0.3 is 10.2 Å². The number of hydrogen-bond acceptors (Lipinski definition) is 3. The lowest BCUT2D eigenvalue weighted by atomic mass is 10.2. The predicted octanol–water partition coefficient (Wildman–Crippen LogP) is 2.88. The summed E-state index contributed by atoms with van der Waals surface area (Å²) in [4.78, 5) is 11.1. The maximum atomic E-state index is 10.4. The lowest BCUT2D eigenvalue weighted by Gasteiger charge is -1.88. The van der Waals surface area contributed by atoms with Crippen molar-refractivity contribution in [3.63, 3.8) is 0 Å². The van der Waals surface area contributed by atoms with Gasteiger partial charge in [-0.2, -0.15) is 0 Å². The van der Waals surface area contributed by atoms with Gasteiger partial charge in [-0.25, -0.2) is 4.79 Å². The number of fused-ring (bicyclic) bond motifs is 1. The van der Waals surface area contributed by atoms with E-state index in [4.69, 9.17) is 10.2 Å². The topological polar surface area (TPSA) is 57.5 Å². The standard InChI is InChI=1S/C11H8O3S/c12-9(11(13)14)6-8-5-7-3-1-2-4-10(7)15-8/h1-6,12H,(H,13,14). The first-order valence-electron chi connectivity index (χ1n) is 4.29. The van der Waals surface area contributed by atoms with E-state index < -0.39 is 11.7 Å². The fourth-order valence-electron chi connectivity index (χ4n) is 1.27. The molecule has 0 aliphatic carbocycles. The summed E-state index contributed by atoms with van der Waals surface area (Å²) in [6.45, 7) is 0. The minimum absolute atomic E-state index is 0.637. The zero-order chi connectivity index (χ0) is 10.8. The molecule has 15 heavy (non-hydrogen) atoms. The molecule has 0 spiro atoms. The number of hydrogen-bond donors (Lipinski definition) is 2. The van der Waals surface area contributed by atoms with Crippen LogP contribution in [0.3, 0.4) is 0 Å². The third kappa shape index (κ3) is 1.99. The Labute approximate surface area is 89.9 Å². The molecule has 1 heterocycles. The largest absolute Gasteiger partial charge is 0.502 e. The Morgan fingerprint density at radius 2 is 2.00 bits per heavy atom. The molecule has 1 aromatic carbocycles. The van der Waals surface area contributed by atoms with Crippen LogP contribution in [-0.2, 0) is 4.79 Å². The van der Waals surface area contributed by atoms with Crippen LogP contribution in [0, 0.1) is 0 Å². The molecule has 0 atom stereocenters. The quantitative estimate of drug-likeness (QED) is 0.604. The number of carbonyl (C=O) groups is 1. The molecule has 0 saturated carbocycles. The fraction of sp³-hybridized carbons (Fsp3) is 0. The van der Waals surface area contributed by atoms with E-state index in [1.54, 1.807) is 0 Å². The molecular formula is C11H8O3S. The second kappa shape index (κ2) is 3.74. The third-order valence-corrected chi connectivity index (χ3v) is 3.01. The van der Waals surface area contributed by atoms with Crippen molar-refractivity contribution in [3.8, 4) is 0 Å². The number of carboxylic acid groups (broad SMARTS) is 1. The SMILES string of the molecule is O=C(O)C(O)=Cc1cc2ccccc2s1. The number of benzene rings is 1. The van der Waals surface area contributed by atoms with Gasteiger partial charge in [0.05, 0.1) is 0 Å². The molecular weight excluding hydrogens is 212 g/mol. The minimum atomic E-state index is -1.31. The number of aliphatic hydroxyl groups excluding tert-OH is 1. The first-order valence-corrected chi connectivity index (χ1v) is 5.11. The predicted molar refractivity (Wildman–Crippen MR) is 60.1 cm³/mol. The maximum Gasteiger partial charge on any atom is 0.370 e. The van der Waals surface area contributed by atoms with Gasteiger partial charge >= 0.3 is 5.97 Å². The summed E-state index contributed by atoms with van der Waals surface area (Å²) in [6, 6.07) is 9.58. The summed E-state index contributed by atoms with van der Waals surface area (Å²) < 4.78 is 1.07. The number of aliphatic hydroxyl groups is 1. The van der Waals surface area contributed by atoms with Crippen molar-refractivity contribution in [3.05, 3.63) is 41.0 Å². The summed E-state index contributed by atoms with van der Waals surface area (Å²) >= 11 is 1.44. The van der Waals surface area contributed by atoms with Gasteiger partial charge in [-0.15, -0.1) is 11.3 Å². The van der Waals surface area contributed by atoms with Gasteiger partial charge in [-0.3, -0.25) is 0 Å². The number of thiophene rings is 1. The van der Waals surface area contributed by atoms with Gasteiger partial charge in [0.25, 0.3) is 0 Å². The average Bonchev–Trinajstić information content (AvgIpc) is 2.59. The summed E-state index contributed by atoms with van der Waals surface area (Å²) in [7, 11) is 0. The molecule has 4 heteroatoms. The van der Waals surface area contributed by atoms with Crippen LogP contribution < -0.4 is 0 Å². The van der Waals surface area contributed by atoms with Gasteiger partial charge in [-0.1, -0.05) is 18.2 Å². The Balaban J connectivity index is 2.46. The van der Waals surface area contributed by atoms with E-state index in [-0.39, 0.29) is 0 Å². The van der Waals surface area contributed by atoms with Crippen LogP contribution in [0.1, 0.15) is 4.88 Å². The van der Waals surface area contributed by atoms with Crippen molar-refractivity contribution in [2.75, 3.05) is 0 Å². The molecule has 0 fully saturated rings. The Kier molecular flexibility index (Phi) is 2.43. The number of aliphatic carboxylic acids is 1. The van der Waals surface area contributed by atoms with Gasteiger partial charge in [0.15, 0.2) is 0 Å². The summed E-state index contributed by atoms with van der Waals surface area (Å²) in [5, 5.41) is 18.6. The first-order chi connectivity index (χ1) is 7.16.